The first-order valence-electron chi connectivity index (χ1n) is 18.2. The number of carbonyl (C=O) groups is 3. The number of hydrogen-bond acceptors (Lipinski definition) is 5. The largest absolute Gasteiger partial charge is 0.481 e. The lowest BCUT2D eigenvalue weighted by Crippen LogP contribution is -2.55. The van der Waals surface area contributed by atoms with E-state index < -0.39 is 65.1 Å². The molecule has 1 aliphatic heterocycles. The molecular weight excluding hydrogens is 728 g/mol. The lowest BCUT2D eigenvalue weighted by atomic mass is 9.78. The third-order valence-corrected chi connectivity index (χ3v) is 10.8. The summed E-state index contributed by atoms with van der Waals surface area (Å²) in [6.45, 7) is 10.2. The number of pyridine rings is 1. The van der Waals surface area contributed by atoms with E-state index in [4.69, 9.17) is 11.6 Å². The first kappa shape index (κ1) is 40.9. The second-order valence-electron chi connectivity index (χ2n) is 15.4. The normalized spacial score (nSPS) is 16.6. The van der Waals surface area contributed by atoms with Crippen molar-refractivity contribution in [3.63, 3.8) is 0 Å². The van der Waals surface area contributed by atoms with E-state index in [0.717, 1.165) is 61.5 Å². The van der Waals surface area contributed by atoms with Gasteiger partial charge in [0.15, 0.2) is 0 Å². The molecule has 2 heterocycles. The third kappa shape index (κ3) is 9.17. The van der Waals surface area contributed by atoms with Crippen LogP contribution < -0.4 is 16.2 Å². The molecule has 2 fully saturated rings. The Morgan fingerprint density at radius 2 is 1.57 bits per heavy atom. The summed E-state index contributed by atoms with van der Waals surface area (Å²) in [6.07, 6.45) is -1.11. The van der Waals surface area contributed by atoms with E-state index in [9.17, 15) is 37.5 Å². The van der Waals surface area contributed by atoms with Crippen LogP contribution in [0.25, 0.3) is 11.1 Å². The van der Waals surface area contributed by atoms with Gasteiger partial charge < -0.3 is 25.2 Å². The summed E-state index contributed by atoms with van der Waals surface area (Å²) in [5.74, 6) is -4.17. The molecule has 3 aromatic rings. The molecule has 54 heavy (non-hydrogen) atoms. The standard InChI is InChI=1S/C40H47ClF4N4O5/c1-22(2)14-31(37(53)46-30(19-33(50)51)29-18-26(15-25(5)35(29)42)34-23(3)16-27(41)17-24(34)4)47-36(52)28-8-9-32(40(43,44)45)49(38(28)54)13-12-48-20-39(21-48)10-6-7-11-39/h8-9,15-18,22,30-31H,6-7,10-14,19-21H2,1-5H3,(H,46,53)(H,47,52)(H,50,51)/t30-,31-/m0/s1. The fraction of sp³-hybridized carbons (Fsp3) is 0.500. The highest BCUT2D eigenvalue weighted by atomic mass is 35.5. The SMILES string of the molecule is Cc1cc(-c2c(C)cc(Cl)cc2C)cc([C@H](CC(=O)O)NC(=O)[C@H](CC(C)C)NC(=O)c2ccc(C(F)(F)F)n(CCN3CC4(CCCC4)C3)c2=O)c1F. The van der Waals surface area contributed by atoms with Crippen molar-refractivity contribution in [3.05, 3.63) is 91.1 Å². The number of aliphatic carboxylic acids is 1. The Labute approximate surface area is 317 Å². The molecule has 2 atom stereocenters. The van der Waals surface area contributed by atoms with Crippen molar-refractivity contribution < 1.29 is 37.1 Å². The first-order chi connectivity index (χ1) is 25.3. The number of carbonyl (C=O) groups excluding carboxylic acids is 2. The molecule has 1 aliphatic carbocycles. The van der Waals surface area contributed by atoms with Gasteiger partial charge in [-0.25, -0.2) is 4.39 Å². The summed E-state index contributed by atoms with van der Waals surface area (Å²) >= 11 is 6.23. The zero-order chi connectivity index (χ0) is 39.7. The monoisotopic (exact) mass is 774 g/mol. The van der Waals surface area contributed by atoms with E-state index >= 15 is 4.39 Å². The van der Waals surface area contributed by atoms with Gasteiger partial charge in [0, 0.05) is 36.8 Å². The maximum Gasteiger partial charge on any atom is 0.431 e. The van der Waals surface area contributed by atoms with Crippen molar-refractivity contribution in [3.8, 4) is 11.1 Å². The number of carboxylic acid groups (broad SMARTS) is 1. The number of hydrogen-bond donors (Lipinski definition) is 3. The molecule has 9 nitrogen and oxygen atoms in total. The predicted molar refractivity (Wildman–Crippen MR) is 198 cm³/mol. The topological polar surface area (TPSA) is 121 Å². The van der Waals surface area contributed by atoms with Crippen LogP contribution in [0, 0.1) is 37.9 Å². The van der Waals surface area contributed by atoms with Gasteiger partial charge in [-0.2, -0.15) is 13.2 Å². The van der Waals surface area contributed by atoms with Gasteiger partial charge in [-0.15, -0.1) is 0 Å². The number of carboxylic acids is 1. The molecule has 0 bridgehead atoms. The van der Waals surface area contributed by atoms with Crippen LogP contribution in [0.5, 0.6) is 0 Å². The predicted octanol–water partition coefficient (Wildman–Crippen LogP) is 7.60. The van der Waals surface area contributed by atoms with Gasteiger partial charge in [0.2, 0.25) is 5.91 Å². The van der Waals surface area contributed by atoms with Crippen LogP contribution in [-0.2, 0) is 22.3 Å². The first-order valence-corrected chi connectivity index (χ1v) is 18.6. The van der Waals surface area contributed by atoms with E-state index in [1.807, 2.05) is 18.7 Å². The highest BCUT2D eigenvalue weighted by Gasteiger charge is 2.44. The summed E-state index contributed by atoms with van der Waals surface area (Å²) in [5, 5.41) is 15.4. The molecule has 1 saturated heterocycles. The summed E-state index contributed by atoms with van der Waals surface area (Å²) in [4.78, 5) is 55.1. The summed E-state index contributed by atoms with van der Waals surface area (Å²) in [5.41, 5.74) is 0.366. The minimum Gasteiger partial charge on any atom is -0.481 e. The quantitative estimate of drug-likeness (QED) is 0.154. The lowest BCUT2D eigenvalue weighted by Gasteiger charge is -2.48. The zero-order valence-corrected chi connectivity index (χ0v) is 31.9. The van der Waals surface area contributed by atoms with Crippen molar-refractivity contribution >= 4 is 29.4 Å². The molecule has 5 rings (SSSR count). The Kier molecular flexibility index (Phi) is 12.3. The van der Waals surface area contributed by atoms with Gasteiger partial charge in [-0.1, -0.05) is 38.3 Å². The average molecular weight is 775 g/mol. The molecule has 1 aromatic heterocycles. The third-order valence-electron chi connectivity index (χ3n) is 10.6. The molecule has 2 aliphatic rings. The maximum atomic E-state index is 15.8. The summed E-state index contributed by atoms with van der Waals surface area (Å²) < 4.78 is 58.6. The van der Waals surface area contributed by atoms with Crippen LogP contribution in [0.3, 0.4) is 0 Å². The van der Waals surface area contributed by atoms with E-state index in [2.05, 4.69) is 10.6 Å². The number of likely N-dealkylation sites (tertiary alicyclic amines) is 1. The Morgan fingerprint density at radius 1 is 0.944 bits per heavy atom. The number of benzene rings is 2. The molecule has 1 saturated carbocycles. The molecular formula is C40H47ClF4N4O5. The molecule has 14 heteroatoms. The number of nitrogens with zero attached hydrogens (tertiary/aromatic N) is 2. The number of nitrogens with one attached hydrogen (secondary N) is 2. The molecule has 0 unspecified atom stereocenters. The molecule has 3 N–H and O–H groups in total. The van der Waals surface area contributed by atoms with E-state index in [0.29, 0.717) is 21.2 Å². The van der Waals surface area contributed by atoms with Crippen molar-refractivity contribution in [1.29, 1.82) is 0 Å². The summed E-state index contributed by atoms with van der Waals surface area (Å²) in [7, 11) is 0. The molecule has 2 aromatic carbocycles. The number of amides is 2. The minimum atomic E-state index is -4.86. The Balaban J connectivity index is 1.41. The molecule has 2 amide bonds. The van der Waals surface area contributed by atoms with Crippen LogP contribution in [0.1, 0.15) is 96.7 Å². The van der Waals surface area contributed by atoms with Crippen molar-refractivity contribution in [2.75, 3.05) is 19.6 Å². The van der Waals surface area contributed by atoms with E-state index in [1.54, 1.807) is 32.0 Å². The van der Waals surface area contributed by atoms with Gasteiger partial charge in [-0.3, -0.25) is 19.2 Å². The Bertz CT molecular complexity index is 1960. The second-order valence-corrected chi connectivity index (χ2v) is 15.9. The Morgan fingerprint density at radius 3 is 2.15 bits per heavy atom. The molecule has 1 spiro atoms. The van der Waals surface area contributed by atoms with Gasteiger partial charge in [-0.05, 0) is 116 Å². The van der Waals surface area contributed by atoms with E-state index in [-0.39, 0.29) is 42.0 Å². The smallest absolute Gasteiger partial charge is 0.431 e. The van der Waals surface area contributed by atoms with Gasteiger partial charge >= 0.3 is 12.1 Å². The number of aromatic nitrogens is 1. The fourth-order valence-electron chi connectivity index (χ4n) is 8.15. The van der Waals surface area contributed by atoms with Gasteiger partial charge in [0.25, 0.3) is 11.5 Å². The van der Waals surface area contributed by atoms with Crippen molar-refractivity contribution in [1.82, 2.24) is 20.1 Å². The van der Waals surface area contributed by atoms with Gasteiger partial charge in [0.05, 0.1) is 12.5 Å². The number of aryl methyl sites for hydroxylation is 3. The highest BCUT2D eigenvalue weighted by Crippen LogP contribution is 2.45. The zero-order valence-electron chi connectivity index (χ0n) is 31.1. The number of alkyl halides is 3. The lowest BCUT2D eigenvalue weighted by molar-refractivity contribution is -0.144. The van der Waals surface area contributed by atoms with Gasteiger partial charge in [0.1, 0.15) is 23.1 Å². The van der Waals surface area contributed by atoms with Crippen molar-refractivity contribution in [2.45, 2.75) is 97.9 Å². The van der Waals surface area contributed by atoms with Crippen molar-refractivity contribution in [2.24, 2.45) is 11.3 Å². The number of rotatable bonds is 13. The number of halogens is 5. The van der Waals surface area contributed by atoms with E-state index in [1.165, 1.54) is 13.0 Å². The highest BCUT2D eigenvalue weighted by molar-refractivity contribution is 6.30. The molecule has 0 radical (unpaired) electrons. The maximum absolute atomic E-state index is 15.8. The fourth-order valence-corrected chi connectivity index (χ4v) is 8.48. The molecule has 292 valence electrons. The van der Waals surface area contributed by atoms with Crippen LogP contribution in [0.15, 0.2) is 41.2 Å². The van der Waals surface area contributed by atoms with Crippen LogP contribution >= 0.6 is 11.6 Å². The summed E-state index contributed by atoms with van der Waals surface area (Å²) in [6, 6.07) is 5.37. The van der Waals surface area contributed by atoms with Crippen LogP contribution in [-0.4, -0.2) is 58.0 Å². The average Bonchev–Trinajstić information content (AvgIpc) is 3.53. The Hall–Kier alpha value is -4.23. The van der Waals surface area contributed by atoms with Crippen LogP contribution in [0.2, 0.25) is 5.02 Å². The second kappa shape index (κ2) is 16.2. The van der Waals surface area contributed by atoms with Crippen LogP contribution in [0.4, 0.5) is 17.6 Å². The minimum absolute atomic E-state index is 0.0214.